The number of amides is 1. The fourth-order valence-electron chi connectivity index (χ4n) is 3.09. The van der Waals surface area contributed by atoms with Gasteiger partial charge in [-0.25, -0.2) is 0 Å². The topological polar surface area (TPSA) is 72.7 Å². The Labute approximate surface area is 169 Å². The van der Waals surface area contributed by atoms with Crippen molar-refractivity contribution in [2.45, 2.75) is 45.3 Å². The van der Waals surface area contributed by atoms with Gasteiger partial charge >= 0.3 is 0 Å². The Balaban J connectivity index is 1.63. The monoisotopic (exact) mass is 395 g/mol. The van der Waals surface area contributed by atoms with Crippen molar-refractivity contribution in [3.05, 3.63) is 64.7 Å². The Kier molecular flexibility index (Phi) is 6.46. The van der Waals surface area contributed by atoms with Crippen molar-refractivity contribution in [1.82, 2.24) is 25.5 Å². The summed E-state index contributed by atoms with van der Waals surface area (Å²) in [6.45, 7) is 8.17. The number of para-hydroxylation sites is 1. The van der Waals surface area contributed by atoms with Gasteiger partial charge in [0.15, 0.2) is 0 Å². The van der Waals surface area contributed by atoms with Crippen LogP contribution in [0.25, 0.3) is 5.69 Å². The third-order valence-electron chi connectivity index (χ3n) is 4.69. The Morgan fingerprint density at radius 2 is 1.82 bits per heavy atom. The molecule has 0 saturated carbocycles. The van der Waals surface area contributed by atoms with Gasteiger partial charge in [-0.3, -0.25) is 4.79 Å². The molecule has 1 aromatic heterocycles. The number of tetrazole rings is 1. The van der Waals surface area contributed by atoms with Crippen LogP contribution in [-0.2, 0) is 11.2 Å². The molecule has 7 heteroatoms. The summed E-state index contributed by atoms with van der Waals surface area (Å²) in [4.78, 5) is 12.4. The van der Waals surface area contributed by atoms with Crippen LogP contribution in [0, 0.1) is 13.8 Å². The first kappa shape index (κ1) is 20.1. The zero-order valence-electron chi connectivity index (χ0n) is 16.6. The molecule has 1 heterocycles. The van der Waals surface area contributed by atoms with Crippen molar-refractivity contribution in [1.29, 1.82) is 0 Å². The van der Waals surface area contributed by atoms with Crippen LogP contribution in [0.15, 0.2) is 47.6 Å². The lowest BCUT2D eigenvalue weighted by Crippen LogP contribution is -2.28. The summed E-state index contributed by atoms with van der Waals surface area (Å²) in [5, 5.41) is 15.6. The summed E-state index contributed by atoms with van der Waals surface area (Å²) in [5.41, 5.74) is 5.51. The van der Waals surface area contributed by atoms with E-state index in [1.165, 1.54) is 17.3 Å². The van der Waals surface area contributed by atoms with Crippen LogP contribution in [0.1, 0.15) is 42.1 Å². The highest BCUT2D eigenvalue weighted by Crippen LogP contribution is 2.23. The molecule has 0 fully saturated rings. The van der Waals surface area contributed by atoms with Crippen molar-refractivity contribution in [3.63, 3.8) is 0 Å². The molecule has 146 valence electrons. The van der Waals surface area contributed by atoms with Gasteiger partial charge in [0.25, 0.3) is 0 Å². The molecule has 2 aromatic carbocycles. The first-order valence-electron chi connectivity index (χ1n) is 9.35. The zero-order valence-corrected chi connectivity index (χ0v) is 17.5. The largest absolute Gasteiger partial charge is 0.349 e. The molecule has 0 unspecified atom stereocenters. The molecule has 28 heavy (non-hydrogen) atoms. The van der Waals surface area contributed by atoms with Crippen LogP contribution >= 0.6 is 11.8 Å². The number of hydrogen-bond donors (Lipinski definition) is 1. The van der Waals surface area contributed by atoms with E-state index in [4.69, 9.17) is 0 Å². The molecular formula is C21H25N5OS. The van der Waals surface area contributed by atoms with E-state index in [9.17, 15) is 4.79 Å². The lowest BCUT2D eigenvalue weighted by atomic mass is 10.1. The summed E-state index contributed by atoms with van der Waals surface area (Å²) in [6.07, 6.45) is 1.01. The Morgan fingerprint density at radius 1 is 1.14 bits per heavy atom. The summed E-state index contributed by atoms with van der Waals surface area (Å²) >= 11 is 1.33. The van der Waals surface area contributed by atoms with Crippen molar-refractivity contribution < 1.29 is 4.79 Å². The van der Waals surface area contributed by atoms with Crippen LogP contribution < -0.4 is 5.32 Å². The minimum atomic E-state index is -0.0480. The second kappa shape index (κ2) is 9.01. The summed E-state index contributed by atoms with van der Waals surface area (Å²) < 4.78 is 1.70. The number of carbonyl (C=O) groups is 1. The standard InChI is InChI=1S/C21H25N5OS/c1-5-17-9-11-18(12-10-17)16(4)22-19(27)13-28-21-23-24-25-26(21)20-14(2)7-6-8-15(20)3/h6-12,16H,5,13H2,1-4H3,(H,22,27)/t16-/m0/s1. The van der Waals surface area contributed by atoms with Crippen LogP contribution in [0.5, 0.6) is 0 Å². The predicted molar refractivity (Wildman–Crippen MR) is 112 cm³/mol. The van der Waals surface area contributed by atoms with E-state index in [0.29, 0.717) is 5.16 Å². The maximum Gasteiger partial charge on any atom is 0.230 e. The van der Waals surface area contributed by atoms with Gasteiger partial charge in [0.1, 0.15) is 0 Å². The highest BCUT2D eigenvalue weighted by molar-refractivity contribution is 7.99. The number of aryl methyl sites for hydroxylation is 3. The summed E-state index contributed by atoms with van der Waals surface area (Å²) in [7, 11) is 0. The fraction of sp³-hybridized carbons (Fsp3) is 0.333. The zero-order chi connectivity index (χ0) is 20.1. The molecule has 0 aliphatic rings. The second-order valence-electron chi connectivity index (χ2n) is 6.79. The Bertz CT molecular complexity index is 931. The molecule has 0 bridgehead atoms. The van der Waals surface area contributed by atoms with Gasteiger partial charge in [0, 0.05) is 0 Å². The van der Waals surface area contributed by atoms with E-state index in [1.807, 2.05) is 39.0 Å². The molecule has 0 aliphatic heterocycles. The summed E-state index contributed by atoms with van der Waals surface area (Å²) in [5.74, 6) is 0.205. The van der Waals surface area contributed by atoms with Gasteiger partial charge in [-0.1, -0.05) is 61.2 Å². The van der Waals surface area contributed by atoms with Gasteiger partial charge in [-0.15, -0.1) is 5.10 Å². The number of nitrogens with zero attached hydrogens (tertiary/aromatic N) is 4. The number of thioether (sulfide) groups is 1. The molecule has 1 N–H and O–H groups in total. The number of carbonyl (C=O) groups excluding carboxylic acids is 1. The third kappa shape index (κ3) is 4.59. The number of hydrogen-bond acceptors (Lipinski definition) is 5. The van der Waals surface area contributed by atoms with Gasteiger partial charge in [0.05, 0.1) is 17.5 Å². The van der Waals surface area contributed by atoms with E-state index >= 15 is 0 Å². The lowest BCUT2D eigenvalue weighted by Gasteiger charge is -2.15. The average Bonchev–Trinajstić information content (AvgIpc) is 3.14. The predicted octanol–water partition coefficient (Wildman–Crippen LogP) is 3.81. The molecule has 0 radical (unpaired) electrons. The minimum Gasteiger partial charge on any atom is -0.349 e. The molecule has 3 rings (SSSR count). The first-order chi connectivity index (χ1) is 13.5. The molecule has 3 aromatic rings. The third-order valence-corrected chi connectivity index (χ3v) is 5.61. The molecular weight excluding hydrogens is 370 g/mol. The average molecular weight is 396 g/mol. The molecule has 0 spiro atoms. The number of benzene rings is 2. The van der Waals surface area contributed by atoms with Crippen LogP contribution in [0.3, 0.4) is 0 Å². The fourth-order valence-corrected chi connectivity index (χ4v) is 3.78. The van der Waals surface area contributed by atoms with Gasteiger partial charge < -0.3 is 5.32 Å². The van der Waals surface area contributed by atoms with E-state index in [0.717, 1.165) is 28.8 Å². The van der Waals surface area contributed by atoms with Crippen molar-refractivity contribution in [2.75, 3.05) is 5.75 Å². The van der Waals surface area contributed by atoms with E-state index < -0.39 is 0 Å². The van der Waals surface area contributed by atoms with Gasteiger partial charge in [0.2, 0.25) is 11.1 Å². The van der Waals surface area contributed by atoms with Crippen LogP contribution in [0.2, 0.25) is 0 Å². The van der Waals surface area contributed by atoms with Crippen LogP contribution in [0.4, 0.5) is 0 Å². The summed E-state index contributed by atoms with van der Waals surface area (Å²) in [6, 6.07) is 14.3. The van der Waals surface area contributed by atoms with E-state index in [-0.39, 0.29) is 17.7 Å². The van der Waals surface area contributed by atoms with Gasteiger partial charge in [-0.2, -0.15) is 4.68 Å². The number of rotatable bonds is 7. The number of nitrogens with one attached hydrogen (secondary N) is 1. The first-order valence-corrected chi connectivity index (χ1v) is 10.3. The molecule has 0 saturated heterocycles. The molecule has 6 nitrogen and oxygen atoms in total. The normalized spacial score (nSPS) is 12.0. The molecule has 1 atom stereocenters. The Hall–Kier alpha value is -2.67. The maximum absolute atomic E-state index is 12.4. The van der Waals surface area contributed by atoms with Crippen molar-refractivity contribution in [3.8, 4) is 5.69 Å². The second-order valence-corrected chi connectivity index (χ2v) is 7.73. The van der Waals surface area contributed by atoms with Crippen molar-refractivity contribution >= 4 is 17.7 Å². The maximum atomic E-state index is 12.4. The molecule has 1 amide bonds. The molecule has 0 aliphatic carbocycles. The SMILES string of the molecule is CCc1ccc([C@H](C)NC(=O)CSc2nnnn2-c2c(C)cccc2C)cc1. The Morgan fingerprint density at radius 3 is 2.46 bits per heavy atom. The van der Waals surface area contributed by atoms with E-state index in [2.05, 4.69) is 52.0 Å². The highest BCUT2D eigenvalue weighted by Gasteiger charge is 2.16. The van der Waals surface area contributed by atoms with Gasteiger partial charge in [-0.05, 0) is 59.9 Å². The lowest BCUT2D eigenvalue weighted by molar-refractivity contribution is -0.119. The van der Waals surface area contributed by atoms with Crippen LogP contribution in [-0.4, -0.2) is 31.9 Å². The highest BCUT2D eigenvalue weighted by atomic mass is 32.2. The quantitative estimate of drug-likeness (QED) is 0.616. The van der Waals surface area contributed by atoms with E-state index in [1.54, 1.807) is 4.68 Å². The number of aromatic nitrogens is 4. The minimum absolute atomic E-state index is 0.0476. The van der Waals surface area contributed by atoms with Crippen molar-refractivity contribution in [2.24, 2.45) is 0 Å². The smallest absolute Gasteiger partial charge is 0.230 e.